The maximum atomic E-state index is 6.00. The van der Waals surface area contributed by atoms with E-state index in [0.29, 0.717) is 6.54 Å². The Labute approximate surface area is 117 Å². The molecule has 0 aromatic heterocycles. The highest BCUT2D eigenvalue weighted by Crippen LogP contribution is 2.27. The molecule has 1 fully saturated rings. The molecule has 0 saturated carbocycles. The molecule has 1 aliphatic heterocycles. The monoisotopic (exact) mass is 312 g/mol. The third kappa shape index (κ3) is 2.94. The minimum absolute atomic E-state index is 0.00642. The summed E-state index contributed by atoms with van der Waals surface area (Å²) < 4.78 is 6.79. The predicted molar refractivity (Wildman–Crippen MR) is 77.4 cm³/mol. The minimum Gasteiger partial charge on any atom is -0.379 e. The summed E-state index contributed by atoms with van der Waals surface area (Å²) in [5.41, 5.74) is 7.28. The number of benzene rings is 1. The Bertz CT molecular complexity index is 391. The summed E-state index contributed by atoms with van der Waals surface area (Å²) in [7, 11) is 2.14. The summed E-state index contributed by atoms with van der Waals surface area (Å²) in [4.78, 5) is 2.34. The molecule has 1 atom stereocenters. The maximum absolute atomic E-state index is 6.00. The summed E-state index contributed by atoms with van der Waals surface area (Å²) in [6.07, 6.45) is 2.21. The number of halogens is 1. The van der Waals surface area contributed by atoms with Gasteiger partial charge in [-0.1, -0.05) is 34.1 Å². The fraction of sp³-hybridized carbons (Fsp3) is 0.571. The van der Waals surface area contributed by atoms with Gasteiger partial charge < -0.3 is 10.5 Å². The molecule has 2 rings (SSSR count). The summed E-state index contributed by atoms with van der Waals surface area (Å²) >= 11 is 3.60. The topological polar surface area (TPSA) is 38.5 Å². The molecule has 1 aromatic rings. The van der Waals surface area contributed by atoms with E-state index in [4.69, 9.17) is 10.5 Å². The molecule has 1 aromatic carbocycles. The fourth-order valence-electron chi connectivity index (χ4n) is 2.51. The lowest BCUT2D eigenvalue weighted by atomic mass is 9.90. The lowest BCUT2D eigenvalue weighted by Gasteiger charge is -2.43. The molecule has 0 aliphatic carbocycles. The van der Waals surface area contributed by atoms with Crippen molar-refractivity contribution < 1.29 is 4.74 Å². The van der Waals surface area contributed by atoms with E-state index in [0.717, 1.165) is 37.1 Å². The first-order chi connectivity index (χ1) is 8.68. The second kappa shape index (κ2) is 6.15. The molecule has 100 valence electrons. The van der Waals surface area contributed by atoms with Crippen LogP contribution in [0.5, 0.6) is 0 Å². The van der Waals surface area contributed by atoms with Gasteiger partial charge in [0.1, 0.15) is 0 Å². The van der Waals surface area contributed by atoms with Gasteiger partial charge in [-0.2, -0.15) is 0 Å². The second-order valence-electron chi connectivity index (χ2n) is 5.03. The van der Waals surface area contributed by atoms with Crippen LogP contribution < -0.4 is 5.73 Å². The smallest absolute Gasteiger partial charge is 0.0662 e. The van der Waals surface area contributed by atoms with Gasteiger partial charge in [0, 0.05) is 24.2 Å². The Kier molecular flexibility index (Phi) is 4.78. The van der Waals surface area contributed by atoms with Crippen LogP contribution in [0.4, 0.5) is 0 Å². The van der Waals surface area contributed by atoms with Crippen molar-refractivity contribution in [2.45, 2.75) is 24.9 Å². The number of hydrogen-bond acceptors (Lipinski definition) is 3. The van der Waals surface area contributed by atoms with Crippen molar-refractivity contribution >= 4 is 15.9 Å². The Morgan fingerprint density at radius 1 is 1.44 bits per heavy atom. The van der Waals surface area contributed by atoms with Gasteiger partial charge in [-0.05, 0) is 31.5 Å². The van der Waals surface area contributed by atoms with E-state index in [2.05, 4.69) is 46.1 Å². The molecule has 3 nitrogen and oxygen atoms in total. The number of hydrogen-bond donors (Lipinski definition) is 1. The van der Waals surface area contributed by atoms with E-state index in [-0.39, 0.29) is 5.54 Å². The summed E-state index contributed by atoms with van der Waals surface area (Å²) in [5.74, 6) is 0. The van der Waals surface area contributed by atoms with Gasteiger partial charge in [-0.15, -0.1) is 0 Å². The van der Waals surface area contributed by atoms with E-state index in [1.807, 2.05) is 6.07 Å². The van der Waals surface area contributed by atoms with E-state index < -0.39 is 0 Å². The van der Waals surface area contributed by atoms with Crippen molar-refractivity contribution in [2.75, 3.05) is 26.8 Å². The quantitative estimate of drug-likeness (QED) is 0.927. The molecule has 0 amide bonds. The average Bonchev–Trinajstić information content (AvgIpc) is 2.42. The lowest BCUT2D eigenvalue weighted by Crippen LogP contribution is -2.56. The van der Waals surface area contributed by atoms with Crippen molar-refractivity contribution in [3.8, 4) is 0 Å². The largest absolute Gasteiger partial charge is 0.379 e. The molecule has 1 aliphatic rings. The lowest BCUT2D eigenvalue weighted by molar-refractivity contribution is -0.0375. The normalized spacial score (nSPS) is 24.4. The van der Waals surface area contributed by atoms with Crippen LogP contribution in [-0.2, 0) is 11.3 Å². The van der Waals surface area contributed by atoms with Crippen molar-refractivity contribution in [1.29, 1.82) is 0 Å². The van der Waals surface area contributed by atoms with E-state index >= 15 is 0 Å². The number of rotatable bonds is 4. The highest BCUT2D eigenvalue weighted by Gasteiger charge is 2.35. The van der Waals surface area contributed by atoms with E-state index in [1.54, 1.807) is 0 Å². The SMILES string of the molecule is CN(Cc1ccccc1Br)C1(CN)CCCOC1. The third-order valence-corrected chi connectivity index (χ3v) is 4.63. The number of nitrogens with zero attached hydrogens (tertiary/aromatic N) is 1. The maximum Gasteiger partial charge on any atom is 0.0662 e. The standard InChI is InChI=1S/C14H21BrN2O/c1-17(9-12-5-2-3-6-13(12)15)14(10-16)7-4-8-18-11-14/h2-3,5-6H,4,7-11,16H2,1H3. The van der Waals surface area contributed by atoms with Crippen LogP contribution in [0.2, 0.25) is 0 Å². The number of ether oxygens (including phenoxy) is 1. The Morgan fingerprint density at radius 3 is 2.83 bits per heavy atom. The zero-order valence-corrected chi connectivity index (χ0v) is 12.4. The van der Waals surface area contributed by atoms with Crippen LogP contribution in [0.3, 0.4) is 0 Å². The van der Waals surface area contributed by atoms with Gasteiger partial charge in [-0.3, -0.25) is 4.90 Å². The third-order valence-electron chi connectivity index (χ3n) is 3.86. The van der Waals surface area contributed by atoms with Crippen molar-refractivity contribution in [3.05, 3.63) is 34.3 Å². The predicted octanol–water partition coefficient (Wildman–Crippen LogP) is 2.39. The first kappa shape index (κ1) is 14.0. The number of nitrogens with two attached hydrogens (primary N) is 1. The van der Waals surface area contributed by atoms with Gasteiger partial charge in [0.2, 0.25) is 0 Å². The fourth-order valence-corrected chi connectivity index (χ4v) is 2.92. The highest BCUT2D eigenvalue weighted by molar-refractivity contribution is 9.10. The number of likely N-dealkylation sites (N-methyl/N-ethyl adjacent to an activating group) is 1. The van der Waals surface area contributed by atoms with E-state index in [1.165, 1.54) is 5.56 Å². The van der Waals surface area contributed by atoms with Crippen LogP contribution in [0.15, 0.2) is 28.7 Å². The zero-order valence-electron chi connectivity index (χ0n) is 10.9. The van der Waals surface area contributed by atoms with Crippen LogP contribution >= 0.6 is 15.9 Å². The minimum atomic E-state index is -0.00642. The van der Waals surface area contributed by atoms with Crippen LogP contribution in [0.25, 0.3) is 0 Å². The van der Waals surface area contributed by atoms with Crippen molar-refractivity contribution in [2.24, 2.45) is 5.73 Å². The van der Waals surface area contributed by atoms with Crippen LogP contribution in [0.1, 0.15) is 18.4 Å². The Balaban J connectivity index is 2.10. The molecule has 0 spiro atoms. The van der Waals surface area contributed by atoms with Gasteiger partial charge in [-0.25, -0.2) is 0 Å². The Hall–Kier alpha value is -0.420. The molecule has 1 saturated heterocycles. The molecule has 0 bridgehead atoms. The second-order valence-corrected chi connectivity index (χ2v) is 5.89. The van der Waals surface area contributed by atoms with Gasteiger partial charge in [0.15, 0.2) is 0 Å². The molecule has 18 heavy (non-hydrogen) atoms. The molecule has 0 radical (unpaired) electrons. The molecule has 1 heterocycles. The summed E-state index contributed by atoms with van der Waals surface area (Å²) in [6, 6.07) is 8.33. The van der Waals surface area contributed by atoms with Crippen LogP contribution in [-0.4, -0.2) is 37.2 Å². The van der Waals surface area contributed by atoms with Gasteiger partial charge in [0.05, 0.1) is 12.1 Å². The van der Waals surface area contributed by atoms with Crippen molar-refractivity contribution in [1.82, 2.24) is 4.90 Å². The van der Waals surface area contributed by atoms with Crippen LogP contribution in [0, 0.1) is 0 Å². The van der Waals surface area contributed by atoms with E-state index in [9.17, 15) is 0 Å². The average molecular weight is 313 g/mol. The molecule has 1 unspecified atom stereocenters. The first-order valence-corrected chi connectivity index (χ1v) is 7.20. The van der Waals surface area contributed by atoms with Gasteiger partial charge in [0.25, 0.3) is 0 Å². The van der Waals surface area contributed by atoms with Gasteiger partial charge >= 0.3 is 0 Å². The molecule has 2 N–H and O–H groups in total. The zero-order chi connectivity index (χ0) is 13.0. The molecular formula is C14H21BrN2O. The Morgan fingerprint density at radius 2 is 2.22 bits per heavy atom. The highest BCUT2D eigenvalue weighted by atomic mass is 79.9. The summed E-state index contributed by atoms with van der Waals surface area (Å²) in [6.45, 7) is 3.14. The molecule has 4 heteroatoms. The molecular weight excluding hydrogens is 292 g/mol. The van der Waals surface area contributed by atoms with Crippen molar-refractivity contribution in [3.63, 3.8) is 0 Å². The first-order valence-electron chi connectivity index (χ1n) is 6.40. The summed E-state index contributed by atoms with van der Waals surface area (Å²) in [5, 5.41) is 0.